The van der Waals surface area contributed by atoms with Crippen LogP contribution in [-0.2, 0) is 9.59 Å². The van der Waals surface area contributed by atoms with Gasteiger partial charge in [0.2, 0.25) is 0 Å². The first-order valence-electron chi connectivity index (χ1n) is 6.46. The smallest absolute Gasteiger partial charge is 0.414 e. The second kappa shape index (κ2) is 5.52. The van der Waals surface area contributed by atoms with E-state index in [1.54, 1.807) is 0 Å². The predicted molar refractivity (Wildman–Crippen MR) is 65.1 cm³/mol. The van der Waals surface area contributed by atoms with Crippen LogP contribution >= 0.6 is 0 Å². The van der Waals surface area contributed by atoms with Gasteiger partial charge in [0.25, 0.3) is 0 Å². The molecule has 100 valence electrons. The fraction of sp³-hybridized carbons (Fsp3) is 0.692. The van der Waals surface area contributed by atoms with E-state index in [2.05, 4.69) is 17.5 Å². The molecule has 5 heteroatoms. The van der Waals surface area contributed by atoms with Crippen molar-refractivity contribution in [1.29, 1.82) is 0 Å². The molecule has 0 aliphatic heterocycles. The monoisotopic (exact) mass is 253 g/mol. The number of fused-ring (bicyclic) bond motifs is 1. The van der Waals surface area contributed by atoms with Crippen molar-refractivity contribution in [2.24, 2.45) is 17.8 Å². The van der Waals surface area contributed by atoms with Crippen LogP contribution in [0, 0.1) is 17.8 Å². The lowest BCUT2D eigenvalue weighted by molar-refractivity contribution is -0.159. The number of allylic oxidation sites excluding steroid dienone is 2. The van der Waals surface area contributed by atoms with E-state index < -0.39 is 11.9 Å². The molecule has 0 spiro atoms. The maximum absolute atomic E-state index is 9.10. The highest BCUT2D eigenvalue weighted by molar-refractivity contribution is 6.27. The average molecular weight is 253 g/mol. The van der Waals surface area contributed by atoms with Gasteiger partial charge in [0.15, 0.2) is 0 Å². The van der Waals surface area contributed by atoms with Crippen molar-refractivity contribution in [3.8, 4) is 0 Å². The van der Waals surface area contributed by atoms with Gasteiger partial charge >= 0.3 is 11.9 Å². The van der Waals surface area contributed by atoms with Gasteiger partial charge in [-0.2, -0.15) is 0 Å². The molecule has 2 saturated carbocycles. The Morgan fingerprint density at radius 2 is 1.83 bits per heavy atom. The van der Waals surface area contributed by atoms with Gasteiger partial charge in [-0.05, 0) is 50.0 Å². The third-order valence-corrected chi connectivity index (χ3v) is 3.83. The Balaban J connectivity index is 0.000000174. The molecule has 3 N–H and O–H groups in total. The molecule has 0 amide bonds. The van der Waals surface area contributed by atoms with Crippen LogP contribution in [0.2, 0.25) is 0 Å². The molecule has 3 unspecified atom stereocenters. The fourth-order valence-corrected chi connectivity index (χ4v) is 2.59. The van der Waals surface area contributed by atoms with E-state index in [-0.39, 0.29) is 0 Å². The molecule has 0 aromatic heterocycles. The van der Waals surface area contributed by atoms with Crippen molar-refractivity contribution in [2.75, 3.05) is 6.54 Å². The van der Waals surface area contributed by atoms with Gasteiger partial charge in [-0.25, -0.2) is 9.59 Å². The third-order valence-electron chi connectivity index (χ3n) is 3.83. The summed E-state index contributed by atoms with van der Waals surface area (Å²) >= 11 is 0. The third kappa shape index (κ3) is 3.57. The quantitative estimate of drug-likeness (QED) is 0.518. The number of carbonyl (C=O) groups is 2. The van der Waals surface area contributed by atoms with E-state index in [0.29, 0.717) is 0 Å². The summed E-state index contributed by atoms with van der Waals surface area (Å²) in [6.45, 7) is 1.30. The minimum Gasteiger partial charge on any atom is -0.473 e. The molecule has 0 saturated heterocycles. The highest BCUT2D eigenvalue weighted by Gasteiger charge is 2.48. The molecule has 3 aliphatic rings. The Bertz CT molecular complexity index is 350. The molecule has 3 aliphatic carbocycles. The molecule has 0 radical (unpaired) electrons. The first-order valence-corrected chi connectivity index (χ1v) is 6.46. The van der Waals surface area contributed by atoms with E-state index in [9.17, 15) is 0 Å². The zero-order chi connectivity index (χ0) is 13.1. The molecule has 18 heavy (non-hydrogen) atoms. The Labute approximate surface area is 106 Å². The summed E-state index contributed by atoms with van der Waals surface area (Å²) < 4.78 is 0. The van der Waals surface area contributed by atoms with Crippen LogP contribution < -0.4 is 5.32 Å². The summed E-state index contributed by atoms with van der Waals surface area (Å²) in [5, 5.41) is 18.4. The zero-order valence-electron chi connectivity index (χ0n) is 10.2. The van der Waals surface area contributed by atoms with E-state index in [1.807, 2.05) is 0 Å². The summed E-state index contributed by atoms with van der Waals surface area (Å²) in [5.74, 6) is -0.624. The predicted octanol–water partition coefficient (Wildman–Crippen LogP) is 1.11. The molecule has 0 aromatic carbocycles. The van der Waals surface area contributed by atoms with Crippen molar-refractivity contribution < 1.29 is 19.8 Å². The van der Waals surface area contributed by atoms with Gasteiger partial charge in [-0.3, -0.25) is 0 Å². The van der Waals surface area contributed by atoms with Crippen molar-refractivity contribution in [1.82, 2.24) is 5.32 Å². The van der Waals surface area contributed by atoms with Crippen LogP contribution in [0.15, 0.2) is 12.2 Å². The Morgan fingerprint density at radius 3 is 2.28 bits per heavy atom. The van der Waals surface area contributed by atoms with Crippen LogP contribution in [0.25, 0.3) is 0 Å². The van der Waals surface area contributed by atoms with Gasteiger partial charge in [-0.1, -0.05) is 12.2 Å². The highest BCUT2D eigenvalue weighted by Crippen LogP contribution is 2.52. The van der Waals surface area contributed by atoms with Crippen molar-refractivity contribution >= 4 is 11.9 Å². The maximum atomic E-state index is 9.10. The number of rotatable bonds is 3. The van der Waals surface area contributed by atoms with E-state index >= 15 is 0 Å². The molecule has 2 fully saturated rings. The highest BCUT2D eigenvalue weighted by atomic mass is 16.4. The summed E-state index contributed by atoms with van der Waals surface area (Å²) in [5.41, 5.74) is 0. The van der Waals surface area contributed by atoms with Gasteiger partial charge in [0.1, 0.15) is 0 Å². The Kier molecular flexibility index (Phi) is 4.01. The number of aliphatic carboxylic acids is 2. The lowest BCUT2D eigenvalue weighted by Gasteiger charge is -1.99. The zero-order valence-corrected chi connectivity index (χ0v) is 10.2. The summed E-state index contributed by atoms with van der Waals surface area (Å²) in [7, 11) is 0. The van der Waals surface area contributed by atoms with Gasteiger partial charge in [-0.15, -0.1) is 0 Å². The second-order valence-corrected chi connectivity index (χ2v) is 5.20. The number of nitrogens with one attached hydrogen (secondary N) is 1. The molecule has 0 bridgehead atoms. The van der Waals surface area contributed by atoms with E-state index in [1.165, 1.54) is 32.2 Å². The Morgan fingerprint density at radius 1 is 1.17 bits per heavy atom. The first kappa shape index (κ1) is 13.1. The van der Waals surface area contributed by atoms with E-state index in [0.717, 1.165) is 23.8 Å². The molecular weight excluding hydrogens is 234 g/mol. The minimum absolute atomic E-state index is 0.900. The summed E-state index contributed by atoms with van der Waals surface area (Å²) in [6, 6.07) is 0.900. The molecule has 3 atom stereocenters. The molecule has 3 rings (SSSR count). The van der Waals surface area contributed by atoms with Crippen LogP contribution in [0.4, 0.5) is 0 Å². The van der Waals surface area contributed by atoms with Gasteiger partial charge in [0.05, 0.1) is 0 Å². The van der Waals surface area contributed by atoms with Crippen LogP contribution in [0.5, 0.6) is 0 Å². The van der Waals surface area contributed by atoms with Gasteiger partial charge in [0, 0.05) is 6.04 Å². The molecule has 0 heterocycles. The number of hydrogen-bond acceptors (Lipinski definition) is 3. The van der Waals surface area contributed by atoms with Crippen molar-refractivity contribution in [2.45, 2.75) is 31.7 Å². The number of carboxylic acids is 2. The maximum Gasteiger partial charge on any atom is 0.414 e. The lowest BCUT2D eigenvalue weighted by Crippen LogP contribution is -2.19. The topological polar surface area (TPSA) is 86.6 Å². The largest absolute Gasteiger partial charge is 0.473 e. The van der Waals surface area contributed by atoms with Crippen molar-refractivity contribution in [3.05, 3.63) is 12.2 Å². The Hall–Kier alpha value is -1.36. The molecular formula is C13H19NO4. The van der Waals surface area contributed by atoms with E-state index in [4.69, 9.17) is 19.8 Å². The fourth-order valence-electron chi connectivity index (χ4n) is 2.59. The second-order valence-electron chi connectivity index (χ2n) is 5.20. The van der Waals surface area contributed by atoms with Crippen LogP contribution in [0.1, 0.15) is 25.7 Å². The molecule has 5 nitrogen and oxygen atoms in total. The number of hydrogen-bond donors (Lipinski definition) is 3. The summed E-state index contributed by atoms with van der Waals surface area (Å²) in [6.07, 6.45) is 10.5. The van der Waals surface area contributed by atoms with Gasteiger partial charge < -0.3 is 15.5 Å². The van der Waals surface area contributed by atoms with Crippen LogP contribution in [-0.4, -0.2) is 34.7 Å². The standard InChI is InChI=1S/C11H17N.C2H2O4/c1-2-4-10-9(3-1)11(10)7-12-8-5-6-8;3-1(4)2(5)6/h1,3,8-12H,2,4-7H2;(H,3,4)(H,5,6). The SMILES string of the molecule is C1=CC2C(CC1)C2CNC1CC1.O=C(O)C(=O)O. The number of carboxylic acid groups (broad SMARTS) is 2. The molecule has 0 aromatic rings. The lowest BCUT2D eigenvalue weighted by atomic mass is 10.1. The average Bonchev–Trinajstić information content (AvgIpc) is 3.23. The summed E-state index contributed by atoms with van der Waals surface area (Å²) in [4.78, 5) is 18.2. The minimum atomic E-state index is -1.82. The normalized spacial score (nSPS) is 31.9. The van der Waals surface area contributed by atoms with Crippen LogP contribution in [0.3, 0.4) is 0 Å². The van der Waals surface area contributed by atoms with Crippen molar-refractivity contribution in [3.63, 3.8) is 0 Å². The first-order chi connectivity index (χ1) is 8.59.